The summed E-state index contributed by atoms with van der Waals surface area (Å²) in [5.74, 6) is -1.84. The number of rotatable bonds is 7. The van der Waals surface area contributed by atoms with Crippen LogP contribution in [-0.2, 0) is 24.3 Å². The van der Waals surface area contributed by atoms with Gasteiger partial charge in [-0.2, -0.15) is 4.72 Å². The number of aliphatic carboxylic acids is 1. The van der Waals surface area contributed by atoms with Crippen molar-refractivity contribution in [3.63, 3.8) is 0 Å². The van der Waals surface area contributed by atoms with Crippen LogP contribution in [0.4, 0.5) is 0 Å². The summed E-state index contributed by atoms with van der Waals surface area (Å²) in [5.41, 5.74) is -1.44. The van der Waals surface area contributed by atoms with Gasteiger partial charge >= 0.3 is 11.9 Å². The van der Waals surface area contributed by atoms with Crippen molar-refractivity contribution in [2.24, 2.45) is 5.92 Å². The van der Waals surface area contributed by atoms with E-state index in [2.05, 4.69) is 9.46 Å². The number of sulfonamides is 1. The summed E-state index contributed by atoms with van der Waals surface area (Å²) >= 11 is 0. The Morgan fingerprint density at radius 1 is 1.33 bits per heavy atom. The van der Waals surface area contributed by atoms with Crippen LogP contribution in [0.3, 0.4) is 0 Å². The van der Waals surface area contributed by atoms with Crippen molar-refractivity contribution in [2.75, 3.05) is 12.4 Å². The Labute approximate surface area is 125 Å². The topological polar surface area (TPSA) is 110 Å². The van der Waals surface area contributed by atoms with Crippen LogP contribution in [-0.4, -0.2) is 43.4 Å². The van der Waals surface area contributed by atoms with Gasteiger partial charge in [-0.1, -0.05) is 6.92 Å². The molecule has 1 fully saturated rings. The first-order valence-corrected chi connectivity index (χ1v) is 8.76. The van der Waals surface area contributed by atoms with E-state index in [1.807, 2.05) is 6.92 Å². The minimum absolute atomic E-state index is 0.184. The van der Waals surface area contributed by atoms with Crippen LogP contribution >= 0.6 is 0 Å². The number of carbonyl (C=O) groups excluding carboxylic acids is 1. The van der Waals surface area contributed by atoms with Gasteiger partial charge < -0.3 is 9.84 Å². The van der Waals surface area contributed by atoms with Crippen LogP contribution in [0.5, 0.6) is 0 Å². The van der Waals surface area contributed by atoms with Crippen LogP contribution in [0.15, 0.2) is 0 Å². The zero-order chi connectivity index (χ0) is 16.1. The van der Waals surface area contributed by atoms with Crippen molar-refractivity contribution in [1.29, 1.82) is 0 Å². The predicted molar refractivity (Wildman–Crippen MR) is 76.2 cm³/mol. The second-order valence-electron chi connectivity index (χ2n) is 5.55. The molecule has 21 heavy (non-hydrogen) atoms. The fraction of sp³-hybridized carbons (Fsp3) is 0.846. The van der Waals surface area contributed by atoms with Gasteiger partial charge in [0.05, 0.1) is 18.8 Å². The van der Waals surface area contributed by atoms with Gasteiger partial charge in [-0.05, 0) is 38.5 Å². The van der Waals surface area contributed by atoms with Gasteiger partial charge in [-0.15, -0.1) is 0 Å². The van der Waals surface area contributed by atoms with Gasteiger partial charge in [0.1, 0.15) is 5.54 Å². The molecular weight excluding hydrogens is 298 g/mol. The summed E-state index contributed by atoms with van der Waals surface area (Å²) in [6.07, 6.45) is 1.57. The molecule has 0 aromatic rings. The average molecular weight is 321 g/mol. The lowest BCUT2D eigenvalue weighted by Gasteiger charge is -2.36. The summed E-state index contributed by atoms with van der Waals surface area (Å²) in [6.45, 7) is 3.83. The fourth-order valence-electron chi connectivity index (χ4n) is 2.41. The van der Waals surface area contributed by atoms with E-state index in [0.717, 1.165) is 0 Å². The average Bonchev–Trinajstić information content (AvgIpc) is 2.39. The van der Waals surface area contributed by atoms with Crippen molar-refractivity contribution in [3.8, 4) is 0 Å². The van der Waals surface area contributed by atoms with E-state index in [0.29, 0.717) is 18.8 Å². The Hall–Kier alpha value is -1.15. The van der Waals surface area contributed by atoms with Crippen molar-refractivity contribution >= 4 is 22.0 Å². The molecule has 0 radical (unpaired) electrons. The minimum atomic E-state index is -3.85. The highest BCUT2D eigenvalue weighted by Gasteiger charge is 2.44. The zero-order valence-electron chi connectivity index (χ0n) is 12.4. The van der Waals surface area contributed by atoms with E-state index in [-0.39, 0.29) is 25.9 Å². The largest absolute Gasteiger partial charge is 0.480 e. The molecule has 0 aromatic heterocycles. The zero-order valence-corrected chi connectivity index (χ0v) is 13.2. The first-order valence-electron chi connectivity index (χ1n) is 7.11. The summed E-state index contributed by atoms with van der Waals surface area (Å²) < 4.78 is 31.0. The number of carboxylic acid groups (broad SMARTS) is 1. The Kier molecular flexibility index (Phi) is 6.15. The summed E-state index contributed by atoms with van der Waals surface area (Å²) in [7, 11) is -3.85. The molecule has 1 rings (SSSR count). The summed E-state index contributed by atoms with van der Waals surface area (Å²) in [5, 5.41) is 9.38. The van der Waals surface area contributed by atoms with E-state index in [1.54, 1.807) is 6.92 Å². The Bertz CT molecular complexity index is 479. The van der Waals surface area contributed by atoms with Crippen LogP contribution in [0.25, 0.3) is 0 Å². The van der Waals surface area contributed by atoms with Crippen LogP contribution in [0, 0.1) is 5.92 Å². The van der Waals surface area contributed by atoms with E-state index >= 15 is 0 Å². The quantitative estimate of drug-likeness (QED) is 0.674. The van der Waals surface area contributed by atoms with Crippen LogP contribution in [0.1, 0.15) is 46.0 Å². The maximum Gasteiger partial charge on any atom is 0.324 e. The first kappa shape index (κ1) is 17.9. The van der Waals surface area contributed by atoms with Crippen molar-refractivity contribution < 1.29 is 27.9 Å². The van der Waals surface area contributed by atoms with Crippen molar-refractivity contribution in [3.05, 3.63) is 0 Å². The van der Waals surface area contributed by atoms with Gasteiger partial charge in [0.25, 0.3) is 0 Å². The number of esters is 1. The smallest absolute Gasteiger partial charge is 0.324 e. The molecule has 0 atom stereocenters. The van der Waals surface area contributed by atoms with Crippen molar-refractivity contribution in [2.45, 2.75) is 51.5 Å². The minimum Gasteiger partial charge on any atom is -0.480 e. The molecule has 7 nitrogen and oxygen atoms in total. The molecule has 1 aliphatic carbocycles. The molecule has 0 aromatic carbocycles. The number of carboxylic acids is 1. The molecule has 1 saturated carbocycles. The van der Waals surface area contributed by atoms with Crippen LogP contribution in [0.2, 0.25) is 0 Å². The molecule has 0 saturated heterocycles. The normalized spacial score (nSPS) is 26.3. The molecule has 8 heteroatoms. The lowest BCUT2D eigenvalue weighted by molar-refractivity contribution is -0.145. The highest BCUT2D eigenvalue weighted by atomic mass is 32.2. The standard InChI is InChI=1S/C13H23NO6S/c1-3-20-11(15)6-9-21(18,19)14-13(12(16)17)7-4-10(2)5-8-13/h10,14H,3-9H2,1-2H3,(H,16,17). The molecule has 0 unspecified atom stereocenters. The van der Waals surface area contributed by atoms with Crippen molar-refractivity contribution in [1.82, 2.24) is 4.72 Å². The predicted octanol–water partition coefficient (Wildman–Crippen LogP) is 0.892. The molecule has 0 heterocycles. The Morgan fingerprint density at radius 3 is 2.38 bits per heavy atom. The maximum atomic E-state index is 12.0. The molecule has 122 valence electrons. The number of hydrogen-bond donors (Lipinski definition) is 2. The van der Waals surface area contributed by atoms with E-state index < -0.39 is 33.3 Å². The van der Waals surface area contributed by atoms with Gasteiger partial charge in [0.15, 0.2) is 0 Å². The monoisotopic (exact) mass is 321 g/mol. The first-order chi connectivity index (χ1) is 9.71. The third-order valence-electron chi connectivity index (χ3n) is 3.77. The van der Waals surface area contributed by atoms with Gasteiger partial charge in [0.2, 0.25) is 10.0 Å². The second-order valence-corrected chi connectivity index (χ2v) is 7.39. The summed E-state index contributed by atoms with van der Waals surface area (Å²) in [6, 6.07) is 0. The highest BCUT2D eigenvalue weighted by molar-refractivity contribution is 7.89. The lowest BCUT2D eigenvalue weighted by Crippen LogP contribution is -2.56. The second kappa shape index (κ2) is 7.22. The number of carbonyl (C=O) groups is 2. The molecule has 2 N–H and O–H groups in total. The molecule has 0 aliphatic heterocycles. The summed E-state index contributed by atoms with van der Waals surface area (Å²) in [4.78, 5) is 22.7. The van der Waals surface area contributed by atoms with Gasteiger partial charge in [0, 0.05) is 0 Å². The van der Waals surface area contributed by atoms with Gasteiger partial charge in [-0.25, -0.2) is 8.42 Å². The number of nitrogens with one attached hydrogen (secondary N) is 1. The Morgan fingerprint density at radius 2 is 1.90 bits per heavy atom. The number of ether oxygens (including phenoxy) is 1. The SMILES string of the molecule is CCOC(=O)CCS(=O)(=O)NC1(C(=O)O)CCC(C)CC1. The van der Waals surface area contributed by atoms with Gasteiger partial charge in [-0.3, -0.25) is 9.59 Å². The maximum absolute atomic E-state index is 12.0. The number of hydrogen-bond acceptors (Lipinski definition) is 5. The molecule has 0 amide bonds. The highest BCUT2D eigenvalue weighted by Crippen LogP contribution is 2.32. The lowest BCUT2D eigenvalue weighted by atomic mass is 9.78. The van der Waals surface area contributed by atoms with E-state index in [9.17, 15) is 23.1 Å². The molecule has 0 spiro atoms. The third-order valence-corrected chi connectivity index (χ3v) is 5.21. The molecule has 0 bridgehead atoms. The van der Waals surface area contributed by atoms with E-state index in [4.69, 9.17) is 0 Å². The molecule has 1 aliphatic rings. The van der Waals surface area contributed by atoms with E-state index in [1.165, 1.54) is 0 Å². The Balaban J connectivity index is 2.70. The fourth-order valence-corrected chi connectivity index (χ4v) is 3.84. The third kappa shape index (κ3) is 5.28. The molecular formula is C13H23NO6S. The van der Waals surface area contributed by atoms with Crippen LogP contribution < -0.4 is 4.72 Å².